The molecule has 0 saturated carbocycles. The molecule has 1 rings (SSSR count). The molecule has 2 atom stereocenters. The first-order valence-corrected chi connectivity index (χ1v) is 6.83. The summed E-state index contributed by atoms with van der Waals surface area (Å²) in [7, 11) is -4.10. The highest BCUT2D eigenvalue weighted by Crippen LogP contribution is 2.15. The van der Waals surface area contributed by atoms with E-state index in [1.165, 1.54) is 13.8 Å². The summed E-state index contributed by atoms with van der Waals surface area (Å²) in [6, 6.07) is 1.24. The van der Waals surface area contributed by atoms with Crippen molar-refractivity contribution >= 4 is 16.0 Å². The number of carboxylic acids is 1. The molecular weight excluding hydrogens is 280 g/mol. The van der Waals surface area contributed by atoms with Crippen LogP contribution in [-0.2, 0) is 14.8 Å². The second kappa shape index (κ2) is 5.62. The van der Waals surface area contributed by atoms with Crippen LogP contribution in [0.5, 0.6) is 0 Å². The van der Waals surface area contributed by atoms with Crippen LogP contribution in [-0.4, -0.2) is 25.5 Å². The standard InChI is InChI=1S/C11H13F2NO4S/c1-6(11(15)16)7(2)14-19(17,18)8-3-4-9(12)10(13)5-8/h3-7,14H,1-2H3,(H,15,16). The Balaban J connectivity index is 2.98. The fraction of sp³-hybridized carbons (Fsp3) is 0.364. The third-order valence-electron chi connectivity index (χ3n) is 2.68. The van der Waals surface area contributed by atoms with E-state index in [0.29, 0.717) is 12.1 Å². The molecule has 0 aliphatic rings. The van der Waals surface area contributed by atoms with E-state index in [-0.39, 0.29) is 0 Å². The highest BCUT2D eigenvalue weighted by molar-refractivity contribution is 7.89. The van der Waals surface area contributed by atoms with Crippen LogP contribution >= 0.6 is 0 Å². The molecule has 0 fully saturated rings. The van der Waals surface area contributed by atoms with E-state index in [1.807, 2.05) is 0 Å². The van der Waals surface area contributed by atoms with Gasteiger partial charge in [0.1, 0.15) is 0 Å². The minimum absolute atomic E-state index is 0.462. The van der Waals surface area contributed by atoms with E-state index < -0.39 is 44.5 Å². The largest absolute Gasteiger partial charge is 0.481 e. The van der Waals surface area contributed by atoms with E-state index in [1.54, 1.807) is 0 Å². The molecule has 1 aromatic carbocycles. The molecule has 0 aliphatic heterocycles. The molecule has 0 bridgehead atoms. The second-order valence-corrected chi connectivity index (χ2v) is 5.83. The third-order valence-corrected chi connectivity index (χ3v) is 4.24. The Bertz CT molecular complexity index is 588. The molecule has 8 heteroatoms. The van der Waals surface area contributed by atoms with Crippen LogP contribution < -0.4 is 4.72 Å². The molecule has 2 unspecified atom stereocenters. The van der Waals surface area contributed by atoms with Crippen molar-refractivity contribution in [2.45, 2.75) is 24.8 Å². The maximum atomic E-state index is 13.0. The lowest BCUT2D eigenvalue weighted by Crippen LogP contribution is -2.40. The molecule has 0 heterocycles. The first-order valence-electron chi connectivity index (χ1n) is 5.35. The summed E-state index contributed by atoms with van der Waals surface area (Å²) in [6.45, 7) is 2.71. The third kappa shape index (κ3) is 3.71. The average Bonchev–Trinajstić information content (AvgIpc) is 2.30. The molecule has 5 nitrogen and oxygen atoms in total. The van der Waals surface area contributed by atoms with Crippen molar-refractivity contribution in [3.63, 3.8) is 0 Å². The summed E-state index contributed by atoms with van der Waals surface area (Å²) in [5.41, 5.74) is 0. The number of halogens is 2. The van der Waals surface area contributed by atoms with Gasteiger partial charge in [0.2, 0.25) is 10.0 Å². The molecule has 0 aromatic heterocycles. The molecule has 0 spiro atoms. The lowest BCUT2D eigenvalue weighted by molar-refractivity contribution is -0.141. The van der Waals surface area contributed by atoms with E-state index in [9.17, 15) is 22.0 Å². The lowest BCUT2D eigenvalue weighted by Gasteiger charge is -2.17. The zero-order valence-electron chi connectivity index (χ0n) is 10.2. The highest BCUT2D eigenvalue weighted by Gasteiger charge is 2.25. The Morgan fingerprint density at radius 1 is 1.26 bits per heavy atom. The monoisotopic (exact) mass is 293 g/mol. The topological polar surface area (TPSA) is 83.5 Å². The van der Waals surface area contributed by atoms with Crippen molar-refractivity contribution in [2.24, 2.45) is 5.92 Å². The van der Waals surface area contributed by atoms with Gasteiger partial charge in [0.05, 0.1) is 10.8 Å². The summed E-state index contributed by atoms with van der Waals surface area (Å²) < 4.78 is 51.5. The first-order chi connectivity index (χ1) is 8.65. The number of hydrogen-bond donors (Lipinski definition) is 2. The molecule has 106 valence electrons. The van der Waals surface area contributed by atoms with Crippen molar-refractivity contribution in [3.05, 3.63) is 29.8 Å². The van der Waals surface area contributed by atoms with Gasteiger partial charge in [0.15, 0.2) is 11.6 Å². The summed E-state index contributed by atoms with van der Waals surface area (Å²) in [6.07, 6.45) is 0. The SMILES string of the molecule is CC(NS(=O)(=O)c1ccc(F)c(F)c1)C(C)C(=O)O. The van der Waals surface area contributed by atoms with Gasteiger partial charge in [-0.25, -0.2) is 21.9 Å². The van der Waals surface area contributed by atoms with Crippen LogP contribution in [0, 0.1) is 17.6 Å². The average molecular weight is 293 g/mol. The van der Waals surface area contributed by atoms with Gasteiger partial charge >= 0.3 is 5.97 Å². The molecule has 0 radical (unpaired) electrons. The fourth-order valence-corrected chi connectivity index (χ4v) is 2.61. The number of benzene rings is 1. The molecule has 1 aromatic rings. The van der Waals surface area contributed by atoms with Gasteiger partial charge in [-0.3, -0.25) is 4.79 Å². The molecule has 2 N–H and O–H groups in total. The smallest absolute Gasteiger partial charge is 0.307 e. The van der Waals surface area contributed by atoms with Crippen LogP contribution in [0.4, 0.5) is 8.78 Å². The Labute approximate surface area is 109 Å². The minimum Gasteiger partial charge on any atom is -0.481 e. The predicted molar refractivity (Wildman–Crippen MR) is 62.9 cm³/mol. The number of rotatable bonds is 5. The van der Waals surface area contributed by atoms with E-state index >= 15 is 0 Å². The molecule has 0 saturated heterocycles. The van der Waals surface area contributed by atoms with Crippen LogP contribution in [0.1, 0.15) is 13.8 Å². The Kier molecular flexibility index (Phi) is 4.59. The number of nitrogens with one attached hydrogen (secondary N) is 1. The number of aliphatic carboxylic acids is 1. The van der Waals surface area contributed by atoms with E-state index in [4.69, 9.17) is 5.11 Å². The Morgan fingerprint density at radius 2 is 1.84 bits per heavy atom. The number of sulfonamides is 1. The van der Waals surface area contributed by atoms with Gasteiger partial charge in [-0.2, -0.15) is 0 Å². The lowest BCUT2D eigenvalue weighted by atomic mass is 10.1. The minimum atomic E-state index is -4.10. The number of carboxylic acid groups (broad SMARTS) is 1. The zero-order valence-corrected chi connectivity index (χ0v) is 11.0. The van der Waals surface area contributed by atoms with Gasteiger partial charge < -0.3 is 5.11 Å². The zero-order chi connectivity index (χ0) is 14.8. The summed E-state index contributed by atoms with van der Waals surface area (Å²) in [5.74, 6) is -4.58. The van der Waals surface area contributed by atoms with Gasteiger partial charge in [0, 0.05) is 6.04 Å². The molecule has 19 heavy (non-hydrogen) atoms. The van der Waals surface area contributed by atoms with Crippen molar-refractivity contribution in [1.29, 1.82) is 0 Å². The summed E-state index contributed by atoms with van der Waals surface area (Å²) in [5, 5.41) is 8.76. The van der Waals surface area contributed by atoms with Gasteiger partial charge in [-0.15, -0.1) is 0 Å². The normalized spacial score (nSPS) is 14.9. The van der Waals surface area contributed by atoms with Crippen molar-refractivity contribution in [3.8, 4) is 0 Å². The van der Waals surface area contributed by atoms with Crippen LogP contribution in [0.2, 0.25) is 0 Å². The van der Waals surface area contributed by atoms with Gasteiger partial charge in [-0.1, -0.05) is 6.92 Å². The molecular formula is C11H13F2NO4S. The summed E-state index contributed by atoms with van der Waals surface area (Å²) >= 11 is 0. The fourth-order valence-electron chi connectivity index (χ4n) is 1.27. The van der Waals surface area contributed by atoms with Gasteiger partial charge in [0.25, 0.3) is 0 Å². The summed E-state index contributed by atoms with van der Waals surface area (Å²) in [4.78, 5) is 10.3. The highest BCUT2D eigenvalue weighted by atomic mass is 32.2. The van der Waals surface area contributed by atoms with E-state index in [0.717, 1.165) is 6.07 Å². The molecule has 0 aliphatic carbocycles. The van der Waals surface area contributed by atoms with Crippen molar-refractivity contribution in [2.75, 3.05) is 0 Å². The van der Waals surface area contributed by atoms with Crippen LogP contribution in [0.25, 0.3) is 0 Å². The quantitative estimate of drug-likeness (QED) is 0.858. The number of hydrogen-bond acceptors (Lipinski definition) is 3. The first kappa shape index (κ1) is 15.5. The molecule has 0 amide bonds. The predicted octanol–water partition coefficient (Wildman–Crippen LogP) is 1.35. The maximum absolute atomic E-state index is 13.0. The van der Waals surface area contributed by atoms with Crippen molar-refractivity contribution in [1.82, 2.24) is 4.72 Å². The van der Waals surface area contributed by atoms with Crippen molar-refractivity contribution < 1.29 is 27.1 Å². The van der Waals surface area contributed by atoms with E-state index in [2.05, 4.69) is 4.72 Å². The van der Waals surface area contributed by atoms with Crippen LogP contribution in [0.3, 0.4) is 0 Å². The Hall–Kier alpha value is -1.54. The van der Waals surface area contributed by atoms with Crippen LogP contribution in [0.15, 0.2) is 23.1 Å². The van der Waals surface area contributed by atoms with Gasteiger partial charge in [-0.05, 0) is 25.1 Å². The Morgan fingerprint density at radius 3 is 2.32 bits per heavy atom. The number of carbonyl (C=O) groups is 1. The maximum Gasteiger partial charge on any atom is 0.307 e. The second-order valence-electron chi connectivity index (χ2n) is 4.11.